The molecule has 2 rings (SSSR count). The Morgan fingerprint density at radius 3 is 2.55 bits per heavy atom. The van der Waals surface area contributed by atoms with E-state index in [4.69, 9.17) is 0 Å². The van der Waals surface area contributed by atoms with E-state index in [1.54, 1.807) is 30.1 Å². The number of amides is 3. The smallest absolute Gasteiger partial charge is 0.261 e. The fourth-order valence-electron chi connectivity index (χ4n) is 2.37. The fraction of sp³-hybridized carbons (Fsp3) is 0.438. The van der Waals surface area contributed by atoms with Crippen molar-refractivity contribution >= 4 is 33.7 Å². The van der Waals surface area contributed by atoms with Crippen LogP contribution in [0.4, 0.5) is 0 Å². The monoisotopic (exact) mass is 366 g/mol. The minimum Gasteiger partial charge on any atom is -0.343 e. The molecule has 0 N–H and O–H groups in total. The first-order valence-electron chi connectivity index (χ1n) is 7.28. The van der Waals surface area contributed by atoms with Crippen molar-refractivity contribution < 1.29 is 14.4 Å². The Morgan fingerprint density at radius 1 is 1.27 bits per heavy atom. The molecule has 0 saturated carbocycles. The van der Waals surface area contributed by atoms with Gasteiger partial charge < -0.3 is 4.90 Å². The van der Waals surface area contributed by atoms with Gasteiger partial charge in [0.2, 0.25) is 5.91 Å². The Hall–Kier alpha value is -1.69. The van der Waals surface area contributed by atoms with E-state index >= 15 is 0 Å². The molecule has 22 heavy (non-hydrogen) atoms. The first-order valence-corrected chi connectivity index (χ1v) is 8.07. The summed E-state index contributed by atoms with van der Waals surface area (Å²) in [5.41, 5.74) is 0.790. The third-order valence-electron chi connectivity index (χ3n) is 4.13. The van der Waals surface area contributed by atoms with Crippen LogP contribution in [-0.2, 0) is 4.79 Å². The Labute approximate surface area is 138 Å². The Kier molecular flexibility index (Phi) is 5.01. The second-order valence-corrected chi connectivity index (χ2v) is 6.38. The lowest BCUT2D eigenvalue weighted by Gasteiger charge is -2.24. The molecule has 0 spiro atoms. The molecule has 0 saturated heterocycles. The summed E-state index contributed by atoms with van der Waals surface area (Å²) in [6.45, 7) is 4.09. The highest BCUT2D eigenvalue weighted by atomic mass is 79.9. The van der Waals surface area contributed by atoms with Crippen LogP contribution in [0.25, 0.3) is 0 Å². The van der Waals surface area contributed by atoms with E-state index in [1.165, 1.54) is 0 Å². The van der Waals surface area contributed by atoms with Gasteiger partial charge in [-0.2, -0.15) is 0 Å². The predicted molar refractivity (Wildman–Crippen MR) is 86.6 cm³/mol. The summed E-state index contributed by atoms with van der Waals surface area (Å²) in [6.07, 6.45) is 1.01. The molecule has 0 fully saturated rings. The molecule has 6 heteroatoms. The van der Waals surface area contributed by atoms with Crippen LogP contribution in [0.15, 0.2) is 22.7 Å². The number of fused-ring (bicyclic) bond motifs is 1. The van der Waals surface area contributed by atoms with Crippen molar-refractivity contribution in [1.82, 2.24) is 9.80 Å². The minimum atomic E-state index is -0.333. The molecule has 1 heterocycles. The van der Waals surface area contributed by atoms with Gasteiger partial charge in [-0.3, -0.25) is 19.3 Å². The average Bonchev–Trinajstić information content (AvgIpc) is 2.74. The molecule has 0 radical (unpaired) electrons. The topological polar surface area (TPSA) is 57.7 Å². The van der Waals surface area contributed by atoms with E-state index in [0.29, 0.717) is 11.1 Å². The Balaban J connectivity index is 2.05. The SMILES string of the molecule is CCC(C)N(C)C(=O)CCN1C(=O)c2ccc(Br)cc2C1=O. The number of hydrogen-bond acceptors (Lipinski definition) is 3. The molecule has 1 aromatic rings. The maximum atomic E-state index is 12.3. The van der Waals surface area contributed by atoms with Gasteiger partial charge in [0.05, 0.1) is 11.1 Å². The number of nitrogens with zero attached hydrogens (tertiary/aromatic N) is 2. The van der Waals surface area contributed by atoms with E-state index in [9.17, 15) is 14.4 Å². The summed E-state index contributed by atoms with van der Waals surface area (Å²) in [5, 5.41) is 0. The van der Waals surface area contributed by atoms with E-state index in [2.05, 4.69) is 15.9 Å². The van der Waals surface area contributed by atoms with E-state index in [-0.39, 0.29) is 36.7 Å². The van der Waals surface area contributed by atoms with Gasteiger partial charge in [-0.15, -0.1) is 0 Å². The number of carbonyl (C=O) groups excluding carboxylic acids is 3. The molecule has 1 aliphatic heterocycles. The van der Waals surface area contributed by atoms with Crippen LogP contribution in [-0.4, -0.2) is 47.2 Å². The first kappa shape index (κ1) is 16.7. The molecule has 3 amide bonds. The molecule has 118 valence electrons. The lowest BCUT2D eigenvalue weighted by molar-refractivity contribution is -0.131. The second kappa shape index (κ2) is 6.60. The Morgan fingerprint density at radius 2 is 1.91 bits per heavy atom. The van der Waals surface area contributed by atoms with Gasteiger partial charge in [0.15, 0.2) is 0 Å². The summed E-state index contributed by atoms with van der Waals surface area (Å²) >= 11 is 3.29. The van der Waals surface area contributed by atoms with Gasteiger partial charge in [-0.1, -0.05) is 22.9 Å². The zero-order valence-corrected chi connectivity index (χ0v) is 14.5. The lowest BCUT2D eigenvalue weighted by Crippen LogP contribution is -2.38. The highest BCUT2D eigenvalue weighted by Crippen LogP contribution is 2.26. The van der Waals surface area contributed by atoms with Crippen molar-refractivity contribution in [3.05, 3.63) is 33.8 Å². The summed E-state index contributed by atoms with van der Waals surface area (Å²) in [4.78, 5) is 39.5. The van der Waals surface area contributed by atoms with Crippen molar-refractivity contribution in [1.29, 1.82) is 0 Å². The molecule has 1 aliphatic rings. The minimum absolute atomic E-state index is 0.0629. The third kappa shape index (κ3) is 3.06. The second-order valence-electron chi connectivity index (χ2n) is 5.46. The molecule has 1 unspecified atom stereocenters. The lowest BCUT2D eigenvalue weighted by atomic mass is 10.1. The van der Waals surface area contributed by atoms with Crippen LogP contribution in [0.2, 0.25) is 0 Å². The maximum absolute atomic E-state index is 12.3. The zero-order valence-electron chi connectivity index (χ0n) is 12.9. The summed E-state index contributed by atoms with van der Waals surface area (Å²) in [5.74, 6) is -0.723. The number of rotatable bonds is 5. The number of hydrogen-bond donors (Lipinski definition) is 0. The summed E-state index contributed by atoms with van der Waals surface area (Å²) in [6, 6.07) is 5.15. The predicted octanol–water partition coefficient (Wildman–Crippen LogP) is 2.69. The quantitative estimate of drug-likeness (QED) is 0.752. The molecule has 0 bridgehead atoms. The standard InChI is InChI=1S/C16H19BrN2O3/c1-4-10(2)18(3)14(20)7-8-19-15(21)12-6-5-11(17)9-13(12)16(19)22/h5-6,9-10H,4,7-8H2,1-3H3. The number of halogens is 1. The van der Waals surface area contributed by atoms with E-state index < -0.39 is 0 Å². The fourth-order valence-corrected chi connectivity index (χ4v) is 2.73. The van der Waals surface area contributed by atoms with Gasteiger partial charge in [-0.25, -0.2) is 0 Å². The number of carbonyl (C=O) groups is 3. The van der Waals surface area contributed by atoms with Gasteiger partial charge in [0, 0.05) is 30.5 Å². The van der Waals surface area contributed by atoms with Gasteiger partial charge >= 0.3 is 0 Å². The molecule has 0 aromatic heterocycles. The highest BCUT2D eigenvalue weighted by Gasteiger charge is 2.35. The maximum Gasteiger partial charge on any atom is 0.261 e. The number of imide groups is 1. The van der Waals surface area contributed by atoms with Crippen LogP contribution in [0.5, 0.6) is 0 Å². The third-order valence-corrected chi connectivity index (χ3v) is 4.62. The molecular formula is C16H19BrN2O3. The van der Waals surface area contributed by atoms with Gasteiger partial charge in [-0.05, 0) is 31.5 Å². The van der Waals surface area contributed by atoms with E-state index in [0.717, 1.165) is 15.8 Å². The molecule has 1 atom stereocenters. The summed E-state index contributed by atoms with van der Waals surface area (Å²) < 4.78 is 0.752. The van der Waals surface area contributed by atoms with Crippen molar-refractivity contribution in [2.75, 3.05) is 13.6 Å². The van der Waals surface area contributed by atoms with Crippen LogP contribution in [0, 0.1) is 0 Å². The summed E-state index contributed by atoms with van der Waals surface area (Å²) in [7, 11) is 1.75. The van der Waals surface area contributed by atoms with Crippen LogP contribution in [0.3, 0.4) is 0 Å². The van der Waals surface area contributed by atoms with Crippen LogP contribution >= 0.6 is 15.9 Å². The van der Waals surface area contributed by atoms with Crippen LogP contribution in [0.1, 0.15) is 47.4 Å². The first-order chi connectivity index (χ1) is 10.4. The molecular weight excluding hydrogens is 348 g/mol. The van der Waals surface area contributed by atoms with Crippen molar-refractivity contribution in [2.24, 2.45) is 0 Å². The normalized spacial score (nSPS) is 15.0. The molecule has 0 aliphatic carbocycles. The van der Waals surface area contributed by atoms with Crippen molar-refractivity contribution in [3.8, 4) is 0 Å². The highest BCUT2D eigenvalue weighted by molar-refractivity contribution is 9.10. The van der Waals surface area contributed by atoms with Crippen molar-refractivity contribution in [3.63, 3.8) is 0 Å². The zero-order chi connectivity index (χ0) is 16.4. The number of benzene rings is 1. The van der Waals surface area contributed by atoms with Gasteiger partial charge in [0.25, 0.3) is 11.8 Å². The van der Waals surface area contributed by atoms with Gasteiger partial charge in [0.1, 0.15) is 0 Å². The molecule has 1 aromatic carbocycles. The Bertz CT molecular complexity index is 630. The molecule has 5 nitrogen and oxygen atoms in total. The van der Waals surface area contributed by atoms with Crippen molar-refractivity contribution in [2.45, 2.75) is 32.7 Å². The largest absolute Gasteiger partial charge is 0.343 e. The van der Waals surface area contributed by atoms with Crippen LogP contribution < -0.4 is 0 Å². The average molecular weight is 367 g/mol. The van der Waals surface area contributed by atoms with E-state index in [1.807, 2.05) is 13.8 Å².